The van der Waals surface area contributed by atoms with Gasteiger partial charge < -0.3 is 10.5 Å². The number of anilines is 1. The lowest BCUT2D eigenvalue weighted by atomic mass is 10.2. The molecule has 5 nitrogen and oxygen atoms in total. The van der Waals surface area contributed by atoms with Gasteiger partial charge in [0.2, 0.25) is 0 Å². The van der Waals surface area contributed by atoms with Crippen LogP contribution in [0.15, 0.2) is 28.7 Å². The number of carbonyl (C=O) groups excluding carboxylic acids is 1. The topological polar surface area (TPSA) is 70.1 Å². The molecule has 106 valence electrons. The largest absolute Gasteiger partial charge is 0.456 e. The van der Waals surface area contributed by atoms with Crippen LogP contribution in [-0.4, -0.2) is 15.7 Å². The molecule has 0 unspecified atom stereocenters. The average molecular weight is 338 g/mol. The number of hydrogen-bond acceptors (Lipinski definition) is 4. The summed E-state index contributed by atoms with van der Waals surface area (Å²) in [6.07, 6.45) is 0. The molecule has 0 saturated heterocycles. The van der Waals surface area contributed by atoms with Crippen molar-refractivity contribution in [3.05, 3.63) is 45.7 Å². The summed E-state index contributed by atoms with van der Waals surface area (Å²) in [5.74, 6) is -0.376. The standard InChI is InChI=1S/C14H16BrN3O2/c1-3-18-12(13(15)9(2)17-18)8-20-14(19)10-4-6-11(16)7-5-10/h4-7H,3,8,16H2,1-2H3. The SMILES string of the molecule is CCn1nc(C)c(Br)c1COC(=O)c1ccc(N)cc1. The fourth-order valence-corrected chi connectivity index (χ4v) is 2.24. The van der Waals surface area contributed by atoms with E-state index in [4.69, 9.17) is 10.5 Å². The minimum atomic E-state index is -0.376. The highest BCUT2D eigenvalue weighted by Crippen LogP contribution is 2.22. The molecule has 2 rings (SSSR count). The van der Waals surface area contributed by atoms with Crippen LogP contribution >= 0.6 is 15.9 Å². The van der Waals surface area contributed by atoms with Crippen LogP contribution in [0.3, 0.4) is 0 Å². The summed E-state index contributed by atoms with van der Waals surface area (Å²) in [6, 6.07) is 6.64. The molecule has 0 fully saturated rings. The van der Waals surface area contributed by atoms with E-state index >= 15 is 0 Å². The van der Waals surface area contributed by atoms with Gasteiger partial charge in [0.25, 0.3) is 0 Å². The molecule has 0 atom stereocenters. The van der Waals surface area contributed by atoms with Gasteiger partial charge in [-0.15, -0.1) is 0 Å². The second-order valence-electron chi connectivity index (χ2n) is 4.36. The molecule has 2 N–H and O–H groups in total. The molecule has 0 saturated carbocycles. The van der Waals surface area contributed by atoms with Crippen LogP contribution in [0.1, 0.15) is 28.7 Å². The zero-order valence-electron chi connectivity index (χ0n) is 11.4. The highest BCUT2D eigenvalue weighted by atomic mass is 79.9. The quantitative estimate of drug-likeness (QED) is 0.687. The van der Waals surface area contributed by atoms with E-state index in [1.807, 2.05) is 18.5 Å². The van der Waals surface area contributed by atoms with Gasteiger partial charge in [-0.1, -0.05) is 0 Å². The smallest absolute Gasteiger partial charge is 0.338 e. The summed E-state index contributed by atoms with van der Waals surface area (Å²) in [4.78, 5) is 11.9. The van der Waals surface area contributed by atoms with E-state index in [9.17, 15) is 4.79 Å². The Morgan fingerprint density at radius 2 is 2.05 bits per heavy atom. The molecule has 2 aromatic rings. The second kappa shape index (κ2) is 6.09. The molecule has 6 heteroatoms. The van der Waals surface area contributed by atoms with Crippen molar-refractivity contribution in [2.24, 2.45) is 0 Å². The fraction of sp³-hybridized carbons (Fsp3) is 0.286. The molecule has 20 heavy (non-hydrogen) atoms. The van der Waals surface area contributed by atoms with Crippen molar-refractivity contribution in [2.75, 3.05) is 5.73 Å². The first kappa shape index (κ1) is 14.6. The maximum atomic E-state index is 11.9. The number of nitrogens with two attached hydrogens (primary N) is 1. The predicted molar refractivity (Wildman–Crippen MR) is 80.3 cm³/mol. The number of aromatic nitrogens is 2. The summed E-state index contributed by atoms with van der Waals surface area (Å²) >= 11 is 3.47. The molecule has 0 aliphatic heterocycles. The van der Waals surface area contributed by atoms with Crippen LogP contribution in [-0.2, 0) is 17.9 Å². The number of hydrogen-bond donors (Lipinski definition) is 1. The number of carbonyl (C=O) groups is 1. The van der Waals surface area contributed by atoms with Crippen LogP contribution in [0.2, 0.25) is 0 Å². The maximum absolute atomic E-state index is 11.9. The molecule has 1 heterocycles. The van der Waals surface area contributed by atoms with Gasteiger partial charge in [-0.25, -0.2) is 4.79 Å². The lowest BCUT2D eigenvalue weighted by molar-refractivity contribution is 0.0461. The van der Waals surface area contributed by atoms with Gasteiger partial charge in [-0.05, 0) is 54.0 Å². The first-order valence-corrected chi connectivity index (χ1v) is 7.06. The molecule has 0 spiro atoms. The number of aryl methyl sites for hydroxylation is 2. The average Bonchev–Trinajstić information content (AvgIpc) is 2.72. The zero-order valence-corrected chi connectivity index (χ0v) is 13.0. The third-order valence-corrected chi connectivity index (χ3v) is 3.97. The number of nitrogen functional groups attached to an aromatic ring is 1. The van der Waals surface area contributed by atoms with Gasteiger partial charge in [0.05, 0.1) is 21.4 Å². The number of rotatable bonds is 4. The van der Waals surface area contributed by atoms with Crippen molar-refractivity contribution in [1.29, 1.82) is 0 Å². The summed E-state index contributed by atoms with van der Waals surface area (Å²) in [7, 11) is 0. The van der Waals surface area contributed by atoms with Crippen molar-refractivity contribution in [1.82, 2.24) is 9.78 Å². The lowest BCUT2D eigenvalue weighted by Gasteiger charge is -2.07. The Morgan fingerprint density at radius 3 is 2.65 bits per heavy atom. The van der Waals surface area contributed by atoms with Crippen molar-refractivity contribution in [3.8, 4) is 0 Å². The molecule has 0 bridgehead atoms. The van der Waals surface area contributed by atoms with Crippen LogP contribution in [0.25, 0.3) is 0 Å². The van der Waals surface area contributed by atoms with E-state index in [0.29, 0.717) is 11.3 Å². The summed E-state index contributed by atoms with van der Waals surface area (Å²) < 4.78 is 8.01. The number of halogens is 1. The van der Waals surface area contributed by atoms with Crippen molar-refractivity contribution >= 4 is 27.6 Å². The lowest BCUT2D eigenvalue weighted by Crippen LogP contribution is -2.09. The van der Waals surface area contributed by atoms with E-state index in [2.05, 4.69) is 21.0 Å². The number of benzene rings is 1. The van der Waals surface area contributed by atoms with Crippen molar-refractivity contribution in [2.45, 2.75) is 27.0 Å². The Balaban J connectivity index is 2.09. The zero-order chi connectivity index (χ0) is 14.7. The Kier molecular flexibility index (Phi) is 4.44. The third kappa shape index (κ3) is 3.01. The van der Waals surface area contributed by atoms with Gasteiger partial charge in [0.15, 0.2) is 0 Å². The van der Waals surface area contributed by atoms with Gasteiger partial charge >= 0.3 is 5.97 Å². The Labute approximate surface area is 125 Å². The minimum Gasteiger partial charge on any atom is -0.456 e. The van der Waals surface area contributed by atoms with Crippen molar-refractivity contribution in [3.63, 3.8) is 0 Å². The highest BCUT2D eigenvalue weighted by molar-refractivity contribution is 9.10. The monoisotopic (exact) mass is 337 g/mol. The number of nitrogens with zero attached hydrogens (tertiary/aromatic N) is 2. The molecule has 0 amide bonds. The third-order valence-electron chi connectivity index (χ3n) is 2.94. The normalized spacial score (nSPS) is 10.6. The highest BCUT2D eigenvalue weighted by Gasteiger charge is 2.14. The molecule has 1 aromatic heterocycles. The Morgan fingerprint density at radius 1 is 1.40 bits per heavy atom. The Hall–Kier alpha value is -1.82. The number of ether oxygens (including phenoxy) is 1. The van der Waals surface area contributed by atoms with Gasteiger partial charge in [-0.3, -0.25) is 4.68 Å². The van der Waals surface area contributed by atoms with Gasteiger partial charge in [0, 0.05) is 12.2 Å². The minimum absolute atomic E-state index is 0.179. The summed E-state index contributed by atoms with van der Waals surface area (Å²) in [5.41, 5.74) is 8.41. The maximum Gasteiger partial charge on any atom is 0.338 e. The summed E-state index contributed by atoms with van der Waals surface area (Å²) in [6.45, 7) is 4.80. The van der Waals surface area contributed by atoms with E-state index in [1.165, 1.54) is 0 Å². The fourth-order valence-electron chi connectivity index (χ4n) is 1.84. The van der Waals surface area contributed by atoms with Crippen LogP contribution in [0.5, 0.6) is 0 Å². The summed E-state index contributed by atoms with van der Waals surface area (Å²) in [5, 5.41) is 4.35. The molecular weight excluding hydrogens is 322 g/mol. The van der Waals surface area contributed by atoms with E-state index in [1.54, 1.807) is 24.3 Å². The van der Waals surface area contributed by atoms with Crippen LogP contribution in [0, 0.1) is 6.92 Å². The van der Waals surface area contributed by atoms with Crippen LogP contribution in [0.4, 0.5) is 5.69 Å². The van der Waals surface area contributed by atoms with Gasteiger partial charge in [0.1, 0.15) is 6.61 Å². The molecular formula is C14H16BrN3O2. The predicted octanol–water partition coefficient (Wildman–Crippen LogP) is 2.91. The van der Waals surface area contributed by atoms with Crippen molar-refractivity contribution < 1.29 is 9.53 Å². The molecule has 0 aliphatic carbocycles. The molecule has 1 aromatic carbocycles. The van der Waals surface area contributed by atoms with E-state index < -0.39 is 0 Å². The number of esters is 1. The van der Waals surface area contributed by atoms with Gasteiger partial charge in [-0.2, -0.15) is 5.10 Å². The molecule has 0 radical (unpaired) electrons. The van der Waals surface area contributed by atoms with E-state index in [-0.39, 0.29) is 12.6 Å². The Bertz CT molecular complexity index is 620. The first-order chi connectivity index (χ1) is 9.52. The second-order valence-corrected chi connectivity index (χ2v) is 5.15. The van der Waals surface area contributed by atoms with E-state index in [0.717, 1.165) is 22.4 Å². The van der Waals surface area contributed by atoms with Crippen LogP contribution < -0.4 is 5.73 Å². The first-order valence-electron chi connectivity index (χ1n) is 6.27. The molecule has 0 aliphatic rings.